The average molecular weight is 250 g/mol. The maximum absolute atomic E-state index is 11.9. The largest absolute Gasteiger partial charge is 0.343 e. The van der Waals surface area contributed by atoms with Gasteiger partial charge < -0.3 is 14.7 Å². The van der Waals surface area contributed by atoms with Crippen molar-refractivity contribution in [2.45, 2.75) is 44.2 Å². The molecule has 1 aromatic rings. The van der Waals surface area contributed by atoms with Crippen molar-refractivity contribution in [1.82, 2.24) is 20.4 Å². The van der Waals surface area contributed by atoms with E-state index in [2.05, 4.69) is 24.9 Å². The smallest absolute Gasteiger partial charge is 0.224 e. The van der Waals surface area contributed by atoms with Crippen molar-refractivity contribution in [1.29, 1.82) is 0 Å². The van der Waals surface area contributed by atoms with Gasteiger partial charge in [-0.25, -0.2) is 0 Å². The van der Waals surface area contributed by atoms with E-state index < -0.39 is 0 Å². The summed E-state index contributed by atoms with van der Waals surface area (Å²) < 4.78 is 4.69. The van der Waals surface area contributed by atoms with Crippen LogP contribution in [0, 0.1) is 0 Å². The van der Waals surface area contributed by atoms with Crippen LogP contribution in [0.3, 0.4) is 0 Å². The van der Waals surface area contributed by atoms with Crippen LogP contribution in [0.25, 0.3) is 0 Å². The molecule has 3 rings (SSSR count). The first-order valence-corrected chi connectivity index (χ1v) is 6.63. The van der Waals surface area contributed by atoms with E-state index in [1.807, 2.05) is 0 Å². The molecule has 0 spiro atoms. The standard InChI is InChI=1S/C12H18N4O2/c17-12-7-9(10-3-1-2-6-16(10)12)13-5-4-11-14-8-18-15-11/h8-10,13H,1-7H2. The molecule has 2 aliphatic rings. The molecule has 2 fully saturated rings. The molecule has 6 heteroatoms. The highest BCUT2D eigenvalue weighted by Crippen LogP contribution is 2.28. The highest BCUT2D eigenvalue weighted by Gasteiger charge is 2.40. The van der Waals surface area contributed by atoms with Gasteiger partial charge in [0.2, 0.25) is 12.3 Å². The predicted octanol–water partition coefficient (Wildman–Crippen LogP) is 0.355. The lowest BCUT2D eigenvalue weighted by Gasteiger charge is -2.32. The van der Waals surface area contributed by atoms with Crippen LogP contribution in [0.15, 0.2) is 10.9 Å². The fourth-order valence-corrected chi connectivity index (χ4v) is 3.01. The number of carbonyl (C=O) groups is 1. The molecule has 0 bridgehead atoms. The van der Waals surface area contributed by atoms with Gasteiger partial charge in [0.05, 0.1) is 0 Å². The predicted molar refractivity (Wildman–Crippen MR) is 63.8 cm³/mol. The summed E-state index contributed by atoms with van der Waals surface area (Å²) in [6, 6.07) is 0.696. The zero-order valence-electron chi connectivity index (χ0n) is 10.3. The monoisotopic (exact) mass is 250 g/mol. The van der Waals surface area contributed by atoms with E-state index in [1.165, 1.54) is 12.8 Å². The number of hydrogen-bond donors (Lipinski definition) is 1. The van der Waals surface area contributed by atoms with Crippen molar-refractivity contribution >= 4 is 5.91 Å². The van der Waals surface area contributed by atoms with Crippen molar-refractivity contribution in [2.24, 2.45) is 0 Å². The number of piperidine rings is 1. The maximum atomic E-state index is 11.9. The minimum absolute atomic E-state index is 0.296. The van der Waals surface area contributed by atoms with Gasteiger partial charge in [0.1, 0.15) is 0 Å². The Morgan fingerprint density at radius 3 is 3.28 bits per heavy atom. The van der Waals surface area contributed by atoms with Gasteiger partial charge in [0, 0.05) is 38.0 Å². The molecule has 2 atom stereocenters. The zero-order valence-corrected chi connectivity index (χ0v) is 10.3. The summed E-state index contributed by atoms with van der Waals surface area (Å²) >= 11 is 0. The lowest BCUT2D eigenvalue weighted by molar-refractivity contribution is -0.129. The maximum Gasteiger partial charge on any atom is 0.224 e. The number of amides is 1. The van der Waals surface area contributed by atoms with Crippen molar-refractivity contribution < 1.29 is 9.32 Å². The first-order chi connectivity index (χ1) is 8.84. The second-order valence-electron chi connectivity index (χ2n) is 5.01. The molecule has 0 aliphatic carbocycles. The second kappa shape index (κ2) is 5.06. The Balaban J connectivity index is 1.52. The van der Waals surface area contributed by atoms with Crippen molar-refractivity contribution in [3.8, 4) is 0 Å². The van der Waals surface area contributed by atoms with Gasteiger partial charge in [-0.2, -0.15) is 4.98 Å². The third-order valence-electron chi connectivity index (χ3n) is 3.89. The van der Waals surface area contributed by atoms with Gasteiger partial charge in [-0.05, 0) is 19.3 Å². The number of rotatable bonds is 4. The normalized spacial score (nSPS) is 27.6. The summed E-state index contributed by atoms with van der Waals surface area (Å²) in [7, 11) is 0. The molecular formula is C12H18N4O2. The number of nitrogens with zero attached hydrogens (tertiary/aromatic N) is 3. The number of fused-ring (bicyclic) bond motifs is 1. The van der Waals surface area contributed by atoms with Gasteiger partial charge in [0.25, 0.3) is 0 Å². The molecule has 2 saturated heterocycles. The van der Waals surface area contributed by atoms with Crippen LogP contribution in [-0.2, 0) is 11.2 Å². The lowest BCUT2D eigenvalue weighted by atomic mass is 9.99. The summed E-state index contributed by atoms with van der Waals surface area (Å²) in [5.41, 5.74) is 0. The van der Waals surface area contributed by atoms with E-state index in [0.717, 1.165) is 32.4 Å². The Kier molecular flexibility index (Phi) is 3.27. The zero-order chi connectivity index (χ0) is 12.4. The Morgan fingerprint density at radius 1 is 1.50 bits per heavy atom. The molecule has 98 valence electrons. The minimum Gasteiger partial charge on any atom is -0.343 e. The van der Waals surface area contributed by atoms with E-state index >= 15 is 0 Å². The van der Waals surface area contributed by atoms with E-state index in [9.17, 15) is 4.79 Å². The Morgan fingerprint density at radius 2 is 2.44 bits per heavy atom. The molecule has 0 saturated carbocycles. The highest BCUT2D eigenvalue weighted by molar-refractivity contribution is 5.80. The van der Waals surface area contributed by atoms with Gasteiger partial charge in [-0.15, -0.1) is 0 Å². The fraction of sp³-hybridized carbons (Fsp3) is 0.750. The Hall–Kier alpha value is -1.43. The number of nitrogens with one attached hydrogen (secondary N) is 1. The summed E-state index contributed by atoms with van der Waals surface area (Å²) in [4.78, 5) is 17.9. The topological polar surface area (TPSA) is 71.3 Å². The van der Waals surface area contributed by atoms with Gasteiger partial charge in [0.15, 0.2) is 5.82 Å². The molecule has 6 nitrogen and oxygen atoms in total. The quantitative estimate of drug-likeness (QED) is 0.835. The SMILES string of the molecule is O=C1CC(NCCc2ncon2)C2CCCCN12. The summed E-state index contributed by atoms with van der Waals surface area (Å²) in [5.74, 6) is 1.02. The molecule has 2 unspecified atom stereocenters. The van der Waals surface area contributed by atoms with E-state index in [0.29, 0.717) is 30.2 Å². The van der Waals surface area contributed by atoms with Crippen molar-refractivity contribution in [2.75, 3.05) is 13.1 Å². The van der Waals surface area contributed by atoms with Gasteiger partial charge in [-0.1, -0.05) is 5.16 Å². The van der Waals surface area contributed by atoms with Crippen LogP contribution >= 0.6 is 0 Å². The third kappa shape index (κ3) is 2.25. The first kappa shape index (κ1) is 11.6. The number of aromatic nitrogens is 2. The summed E-state index contributed by atoms with van der Waals surface area (Å²) in [6.45, 7) is 1.73. The van der Waals surface area contributed by atoms with E-state index in [-0.39, 0.29) is 0 Å². The second-order valence-corrected chi connectivity index (χ2v) is 5.01. The molecule has 1 aromatic heterocycles. The minimum atomic E-state index is 0.296. The van der Waals surface area contributed by atoms with Crippen LogP contribution in [0.4, 0.5) is 0 Å². The molecule has 1 N–H and O–H groups in total. The Bertz CT molecular complexity index is 406. The molecule has 0 radical (unpaired) electrons. The average Bonchev–Trinajstić information content (AvgIpc) is 3.00. The van der Waals surface area contributed by atoms with Crippen LogP contribution in [0.5, 0.6) is 0 Å². The van der Waals surface area contributed by atoms with E-state index in [1.54, 1.807) is 0 Å². The van der Waals surface area contributed by atoms with E-state index in [4.69, 9.17) is 0 Å². The van der Waals surface area contributed by atoms with Crippen molar-refractivity contribution in [3.05, 3.63) is 12.2 Å². The molecule has 1 amide bonds. The van der Waals surface area contributed by atoms with Gasteiger partial charge in [-0.3, -0.25) is 4.79 Å². The van der Waals surface area contributed by atoms with Crippen LogP contribution in [-0.4, -0.2) is 46.1 Å². The van der Waals surface area contributed by atoms with Crippen LogP contribution in [0.2, 0.25) is 0 Å². The summed E-state index contributed by atoms with van der Waals surface area (Å²) in [6.07, 6.45) is 6.24. The lowest BCUT2D eigenvalue weighted by Crippen LogP contribution is -2.46. The number of hydrogen-bond acceptors (Lipinski definition) is 5. The highest BCUT2D eigenvalue weighted by atomic mass is 16.5. The van der Waals surface area contributed by atoms with Crippen LogP contribution in [0.1, 0.15) is 31.5 Å². The fourth-order valence-electron chi connectivity index (χ4n) is 3.01. The molecule has 3 heterocycles. The molecule has 2 aliphatic heterocycles. The third-order valence-corrected chi connectivity index (χ3v) is 3.89. The van der Waals surface area contributed by atoms with Crippen molar-refractivity contribution in [3.63, 3.8) is 0 Å². The number of carbonyl (C=O) groups excluding carboxylic acids is 1. The Labute approximate surface area is 106 Å². The molecule has 0 aromatic carbocycles. The van der Waals surface area contributed by atoms with Gasteiger partial charge >= 0.3 is 0 Å². The summed E-state index contributed by atoms with van der Waals surface area (Å²) in [5, 5.41) is 7.24. The molecular weight excluding hydrogens is 232 g/mol. The molecule has 18 heavy (non-hydrogen) atoms. The van der Waals surface area contributed by atoms with Crippen LogP contribution < -0.4 is 5.32 Å². The first-order valence-electron chi connectivity index (χ1n) is 6.63.